The molecule has 22 nitrogen and oxygen atoms in total. The van der Waals surface area contributed by atoms with Crippen molar-refractivity contribution in [1.29, 1.82) is 0 Å². The van der Waals surface area contributed by atoms with Crippen LogP contribution in [0.4, 0.5) is 11.9 Å². The molecule has 2 saturated heterocycles. The van der Waals surface area contributed by atoms with Crippen LogP contribution < -0.4 is 23.7 Å². The Morgan fingerprint density at radius 2 is 0.901 bits per heavy atom. The lowest BCUT2D eigenvalue weighted by Crippen LogP contribution is -2.48. The van der Waals surface area contributed by atoms with E-state index in [0.29, 0.717) is 71.1 Å². The summed E-state index contributed by atoms with van der Waals surface area (Å²) < 4.78 is 106. The van der Waals surface area contributed by atoms with Crippen LogP contribution in [0.25, 0.3) is 23.0 Å². The molecule has 13 aliphatic carbocycles. The summed E-state index contributed by atoms with van der Waals surface area (Å²) in [5.41, 5.74) is 5.89. The number of fused-ring (bicyclic) bond motifs is 3. The molecule has 25 heteroatoms. The van der Waals surface area contributed by atoms with E-state index >= 15 is 0 Å². The standard InChI is InChI=1S/C23H31N5O3S.C22H31N5O3S.C21H27N3O3S/c29-32(30,27-4-1-5-27)26-22-25-24-21-9-20(19(13-28(21)22)18-2-3-18)31-14-23-10-15-6-16(11-23)8-17(7-15)12-23;1-2-18-13-27-20(23-24-21(27)25-31(28,29)26-4-3-5-26)9-19(18)30-14-22-10-15-6-16(11-22)8-17(7-15)12-22;1-3-17-11-24-19(22-23-20(24)12-28(2,25)26)7-18(17)27-13-21-8-14-4-15(9-21)6-16(5-14)10-21/h9,13,15-18H,1-8,10-12,14H2,(H,25,26);9,13,15-17H,2-8,10-12,14H2,1H3,(H,24,25);3,7,11,14-16H,1,4-6,8-10,12-13H2,2H3. The summed E-state index contributed by atoms with van der Waals surface area (Å²) in [6.07, 6.45) is 38.3. The summed E-state index contributed by atoms with van der Waals surface area (Å²) in [4.78, 5) is 0. The number of rotatable bonds is 20. The summed E-state index contributed by atoms with van der Waals surface area (Å²) in [6, 6.07) is 5.73. The van der Waals surface area contributed by atoms with Gasteiger partial charge in [-0.25, -0.2) is 17.9 Å². The third-order valence-corrected chi connectivity index (χ3v) is 27.3. The largest absolute Gasteiger partial charge is 0.493 e. The zero-order valence-corrected chi connectivity index (χ0v) is 55.2. The van der Waals surface area contributed by atoms with Crippen molar-refractivity contribution in [3.05, 3.63) is 65.9 Å². The van der Waals surface area contributed by atoms with Gasteiger partial charge in [0.05, 0.1) is 19.8 Å². The Kier molecular flexibility index (Phi) is 15.1. The van der Waals surface area contributed by atoms with Gasteiger partial charge in [-0.1, -0.05) is 19.6 Å². The van der Waals surface area contributed by atoms with Gasteiger partial charge in [-0.15, -0.1) is 30.6 Å². The van der Waals surface area contributed by atoms with Crippen LogP contribution >= 0.6 is 0 Å². The first kappa shape index (κ1) is 60.3. The predicted octanol–water partition coefficient (Wildman–Crippen LogP) is 10.3. The highest BCUT2D eigenvalue weighted by Gasteiger charge is 2.54. The molecule has 15 aliphatic rings. The Morgan fingerprint density at radius 3 is 1.30 bits per heavy atom. The minimum absolute atomic E-state index is 0.141. The normalized spacial score (nSPS) is 32.7. The van der Waals surface area contributed by atoms with Gasteiger partial charge in [0.1, 0.15) is 23.0 Å². The van der Waals surface area contributed by atoms with Crippen LogP contribution in [0.2, 0.25) is 0 Å². The van der Waals surface area contributed by atoms with Crippen LogP contribution in [0.3, 0.4) is 0 Å². The molecule has 0 amide bonds. The van der Waals surface area contributed by atoms with Crippen molar-refractivity contribution in [3.8, 4) is 17.2 Å². The van der Waals surface area contributed by atoms with Crippen molar-refractivity contribution in [2.75, 3.05) is 61.7 Å². The number of hydrogen-bond donors (Lipinski definition) is 2. The molecule has 8 heterocycles. The highest BCUT2D eigenvalue weighted by molar-refractivity contribution is 7.90. The molecular formula is C66H89N13O9S3. The first-order valence-corrected chi connectivity index (χ1v) is 39.0. The third-order valence-electron chi connectivity index (χ3n) is 23.6. The van der Waals surface area contributed by atoms with E-state index in [0.717, 1.165) is 139 Å². The van der Waals surface area contributed by atoms with Gasteiger partial charge >= 0.3 is 20.4 Å². The molecule has 91 heavy (non-hydrogen) atoms. The van der Waals surface area contributed by atoms with Crippen LogP contribution in [-0.4, -0.2) is 130 Å². The number of aromatic nitrogens is 9. The average molecular weight is 1300 g/mol. The van der Waals surface area contributed by atoms with Gasteiger partial charge in [0.2, 0.25) is 11.9 Å². The molecule has 2 N–H and O–H groups in total. The number of aryl methyl sites for hydroxylation is 1. The van der Waals surface area contributed by atoms with Gasteiger partial charge in [0.25, 0.3) is 0 Å². The molecule has 6 aromatic heterocycles. The Labute approximate surface area is 534 Å². The van der Waals surface area contributed by atoms with E-state index in [-0.39, 0.29) is 17.6 Å². The predicted molar refractivity (Wildman–Crippen MR) is 345 cm³/mol. The van der Waals surface area contributed by atoms with Crippen molar-refractivity contribution < 1.29 is 39.5 Å². The van der Waals surface area contributed by atoms with Crippen LogP contribution in [-0.2, 0) is 42.4 Å². The average Bonchev–Trinajstić information content (AvgIpc) is 1.73. The molecular weight excluding hydrogens is 1220 g/mol. The molecule has 21 rings (SSSR count). The van der Waals surface area contributed by atoms with Crippen LogP contribution in [0.1, 0.15) is 177 Å². The van der Waals surface area contributed by atoms with Gasteiger partial charge in [0.15, 0.2) is 32.6 Å². The van der Waals surface area contributed by atoms with Crippen LogP contribution in [0, 0.1) is 69.5 Å². The Balaban J connectivity index is 0.000000109. The van der Waals surface area contributed by atoms with Gasteiger partial charge in [-0.3, -0.25) is 13.2 Å². The summed E-state index contributed by atoms with van der Waals surface area (Å²) in [5, 5.41) is 24.9. The fourth-order valence-corrected chi connectivity index (χ4v) is 23.5. The number of sulfone groups is 1. The van der Waals surface area contributed by atoms with Gasteiger partial charge < -0.3 is 14.2 Å². The van der Waals surface area contributed by atoms with Gasteiger partial charge in [-0.05, 0) is 207 Å². The molecule has 0 atom stereocenters. The number of nitrogens with zero attached hydrogens (tertiary/aromatic N) is 11. The SMILES string of the molecule is C=Cc1cn2c(CS(C)(=O)=O)nnc2cc1OCC12CC3CC(CC(C3)C1)C2.CCc1cn2c(NS(=O)(=O)N3CCC3)nnc2cc1OCC12CC3CC(CC(C3)C1)C2.O=S(=O)(Nc1nnc2cc(OCC34CC5CC(CC(C5)C3)C4)c(C3CC3)cn12)N1CCC1. The highest BCUT2D eigenvalue weighted by Crippen LogP contribution is 2.63. The summed E-state index contributed by atoms with van der Waals surface area (Å²) in [7, 11) is -10.3. The quantitative estimate of drug-likeness (QED) is 0.0721. The maximum atomic E-state index is 12.5. The molecule has 0 aromatic carbocycles. The molecule has 0 unspecified atom stereocenters. The summed E-state index contributed by atoms with van der Waals surface area (Å²) >= 11 is 0. The summed E-state index contributed by atoms with van der Waals surface area (Å²) in [5.74, 6) is 11.9. The van der Waals surface area contributed by atoms with E-state index in [1.165, 1.54) is 130 Å². The second-order valence-corrected chi connectivity index (χ2v) is 36.4. The molecule has 490 valence electrons. The van der Waals surface area contributed by atoms with Crippen molar-refractivity contribution in [1.82, 2.24) is 52.4 Å². The molecule has 2 aliphatic heterocycles. The van der Waals surface area contributed by atoms with E-state index in [1.807, 2.05) is 36.8 Å². The van der Waals surface area contributed by atoms with Crippen molar-refractivity contribution in [2.24, 2.45) is 69.5 Å². The Morgan fingerprint density at radius 1 is 0.516 bits per heavy atom. The summed E-state index contributed by atoms with van der Waals surface area (Å²) in [6.45, 7) is 10.5. The number of ether oxygens (including phenoxy) is 3. The number of anilines is 2. The van der Waals surface area contributed by atoms with E-state index in [2.05, 4.69) is 53.5 Å². The first-order valence-electron chi connectivity index (χ1n) is 34.1. The zero-order chi connectivity index (χ0) is 62.2. The minimum atomic E-state index is -3.58. The Bertz CT molecular complexity index is 4050. The number of pyridine rings is 3. The van der Waals surface area contributed by atoms with Crippen LogP contribution in [0.5, 0.6) is 17.2 Å². The smallest absolute Gasteiger partial charge is 0.303 e. The van der Waals surface area contributed by atoms with E-state index in [1.54, 1.807) is 19.3 Å². The topological polar surface area (TPSA) is 251 Å². The van der Waals surface area contributed by atoms with Crippen molar-refractivity contribution in [2.45, 2.75) is 166 Å². The minimum Gasteiger partial charge on any atom is -0.493 e. The Hall–Kier alpha value is -5.63. The lowest BCUT2D eigenvalue weighted by molar-refractivity contribution is -0.0747. The van der Waals surface area contributed by atoms with E-state index in [4.69, 9.17) is 14.2 Å². The van der Waals surface area contributed by atoms with Crippen molar-refractivity contribution in [3.63, 3.8) is 0 Å². The first-order chi connectivity index (χ1) is 43.7. The van der Waals surface area contributed by atoms with Crippen LogP contribution in [0.15, 0.2) is 43.4 Å². The highest BCUT2D eigenvalue weighted by atomic mass is 32.2. The fourth-order valence-electron chi connectivity index (χ4n) is 20.4. The fraction of sp³-hybridized carbons (Fsp3) is 0.697. The zero-order valence-electron chi connectivity index (χ0n) is 52.8. The van der Waals surface area contributed by atoms with E-state index in [9.17, 15) is 25.3 Å². The lowest BCUT2D eigenvalue weighted by atomic mass is 9.50. The number of nitrogens with one attached hydrogen (secondary N) is 2. The lowest BCUT2D eigenvalue weighted by Gasteiger charge is -2.56. The second-order valence-electron chi connectivity index (χ2n) is 30.9. The van der Waals surface area contributed by atoms with Gasteiger partial charge in [0, 0.05) is 102 Å². The molecule has 0 radical (unpaired) electrons. The molecule has 13 saturated carbocycles. The molecule has 0 spiro atoms. The van der Waals surface area contributed by atoms with Gasteiger partial charge in [-0.2, -0.15) is 25.4 Å². The van der Waals surface area contributed by atoms with E-state index < -0.39 is 30.3 Å². The second kappa shape index (κ2) is 22.8. The third kappa shape index (κ3) is 12.0. The maximum Gasteiger partial charge on any atom is 0.303 e. The molecule has 12 bridgehead atoms. The van der Waals surface area contributed by atoms with Crippen molar-refractivity contribution >= 4 is 65.2 Å². The molecule has 15 fully saturated rings. The molecule has 6 aromatic rings. The maximum absolute atomic E-state index is 12.5. The monoisotopic (exact) mass is 1300 g/mol. The number of hydrogen-bond acceptors (Lipinski definition) is 15.